The molecule has 23 heavy (non-hydrogen) atoms. The molecule has 118 valence electrons. The lowest BCUT2D eigenvalue weighted by Gasteiger charge is -2.35. The molecule has 1 saturated heterocycles. The van der Waals surface area contributed by atoms with Crippen LogP contribution in [0.4, 0.5) is 20.2 Å². The number of piperazine rings is 1. The third kappa shape index (κ3) is 2.73. The number of nitrogens with zero attached hydrogens (tertiary/aromatic N) is 5. The molecule has 3 rings (SSSR count). The molecule has 8 heteroatoms. The maximum absolute atomic E-state index is 14.1. The van der Waals surface area contributed by atoms with Crippen molar-refractivity contribution in [3.63, 3.8) is 0 Å². The minimum atomic E-state index is -0.843. The Balaban J connectivity index is 1.83. The van der Waals surface area contributed by atoms with Crippen LogP contribution in [0.15, 0.2) is 24.5 Å². The molecule has 0 radical (unpaired) electrons. The van der Waals surface area contributed by atoms with Crippen molar-refractivity contribution in [1.29, 1.82) is 5.26 Å². The summed E-state index contributed by atoms with van der Waals surface area (Å²) in [4.78, 5) is 15.2. The van der Waals surface area contributed by atoms with Crippen molar-refractivity contribution in [2.24, 2.45) is 7.05 Å². The average molecular weight is 317 g/mol. The third-order valence-corrected chi connectivity index (χ3v) is 3.69. The molecule has 6 nitrogen and oxygen atoms in total. The van der Waals surface area contributed by atoms with E-state index >= 15 is 0 Å². The van der Waals surface area contributed by atoms with E-state index in [4.69, 9.17) is 5.26 Å². The number of rotatable bonds is 2. The average Bonchev–Trinajstić information content (AvgIpc) is 2.92. The van der Waals surface area contributed by atoms with E-state index in [2.05, 4.69) is 5.10 Å². The molecule has 0 unspecified atom stereocenters. The first-order chi connectivity index (χ1) is 11.0. The molecule has 0 N–H and O–H groups in total. The minimum Gasteiger partial charge on any atom is -0.356 e. The normalized spacial score (nSPS) is 15.0. The number of hydrogen-bond donors (Lipinski definition) is 0. The first kappa shape index (κ1) is 15.0. The second-order valence-corrected chi connectivity index (χ2v) is 5.24. The van der Waals surface area contributed by atoms with Gasteiger partial charge in [-0.3, -0.25) is 9.48 Å². The molecular weight excluding hydrogens is 304 g/mol. The standard InChI is InChI=1S/C15H13F2N5O/c1-20-8-11(7-19-20)22-3-2-21(9-14(22)23)15-12(16)4-10(6-18)5-13(15)17/h4-5,7-8H,2-3,9H2,1H3. The molecule has 1 amide bonds. The highest BCUT2D eigenvalue weighted by Gasteiger charge is 2.29. The zero-order valence-corrected chi connectivity index (χ0v) is 12.3. The SMILES string of the molecule is Cn1cc(N2CCN(c3c(F)cc(C#N)cc3F)CC2=O)cn1. The van der Waals surface area contributed by atoms with Crippen LogP contribution in [0, 0.1) is 23.0 Å². The van der Waals surface area contributed by atoms with Crippen molar-refractivity contribution in [3.05, 3.63) is 41.7 Å². The number of halogens is 2. The first-order valence-corrected chi connectivity index (χ1v) is 6.92. The van der Waals surface area contributed by atoms with Gasteiger partial charge in [-0.2, -0.15) is 10.4 Å². The number of benzene rings is 1. The Morgan fingerprint density at radius 2 is 1.96 bits per heavy atom. The van der Waals surface area contributed by atoms with Gasteiger partial charge in [-0.15, -0.1) is 0 Å². The van der Waals surface area contributed by atoms with Crippen LogP contribution in [0.5, 0.6) is 0 Å². The van der Waals surface area contributed by atoms with E-state index < -0.39 is 11.6 Å². The van der Waals surface area contributed by atoms with E-state index in [1.165, 1.54) is 9.80 Å². The van der Waals surface area contributed by atoms with Gasteiger partial charge in [0.2, 0.25) is 5.91 Å². The monoisotopic (exact) mass is 317 g/mol. The van der Waals surface area contributed by atoms with Crippen molar-refractivity contribution >= 4 is 17.3 Å². The van der Waals surface area contributed by atoms with E-state index in [-0.39, 0.29) is 30.2 Å². The van der Waals surface area contributed by atoms with Gasteiger partial charge >= 0.3 is 0 Å². The van der Waals surface area contributed by atoms with E-state index in [9.17, 15) is 13.6 Å². The smallest absolute Gasteiger partial charge is 0.246 e. The number of carbonyl (C=O) groups excluding carboxylic acids is 1. The van der Waals surface area contributed by atoms with Gasteiger partial charge in [0, 0.05) is 26.3 Å². The first-order valence-electron chi connectivity index (χ1n) is 6.92. The van der Waals surface area contributed by atoms with Gasteiger partial charge in [-0.05, 0) is 12.1 Å². The summed E-state index contributed by atoms with van der Waals surface area (Å²) >= 11 is 0. The fourth-order valence-corrected chi connectivity index (χ4v) is 2.62. The Hall–Kier alpha value is -2.95. The summed E-state index contributed by atoms with van der Waals surface area (Å²) in [6.07, 6.45) is 3.27. The molecule has 2 heterocycles. The van der Waals surface area contributed by atoms with Crippen molar-refractivity contribution in [2.45, 2.75) is 0 Å². The zero-order valence-electron chi connectivity index (χ0n) is 12.3. The number of anilines is 2. The van der Waals surface area contributed by atoms with Crippen LogP contribution in [0.25, 0.3) is 0 Å². The summed E-state index contributed by atoms with van der Waals surface area (Å²) in [5.74, 6) is -1.96. The molecule has 0 bridgehead atoms. The third-order valence-electron chi connectivity index (χ3n) is 3.69. The Kier molecular flexibility index (Phi) is 3.70. The van der Waals surface area contributed by atoms with Crippen molar-refractivity contribution in [2.75, 3.05) is 29.4 Å². The minimum absolute atomic E-state index is 0.0935. The Morgan fingerprint density at radius 3 is 2.48 bits per heavy atom. The van der Waals surface area contributed by atoms with Crippen LogP contribution in [0.2, 0.25) is 0 Å². The molecule has 0 aliphatic carbocycles. The fraction of sp³-hybridized carbons (Fsp3) is 0.267. The molecule has 0 spiro atoms. The summed E-state index contributed by atoms with van der Waals surface area (Å²) in [5.41, 5.74) is 0.283. The topological polar surface area (TPSA) is 65.2 Å². The fourth-order valence-electron chi connectivity index (χ4n) is 2.62. The summed E-state index contributed by atoms with van der Waals surface area (Å²) in [6.45, 7) is 0.429. The summed E-state index contributed by atoms with van der Waals surface area (Å²) in [5, 5.41) is 12.7. The molecular formula is C15H13F2N5O. The Morgan fingerprint density at radius 1 is 1.26 bits per heavy atom. The van der Waals surface area contributed by atoms with Crippen LogP contribution in [0.1, 0.15) is 5.56 Å². The Labute approximate surface area is 131 Å². The Bertz CT molecular complexity index is 787. The van der Waals surface area contributed by atoms with Gasteiger partial charge < -0.3 is 9.80 Å². The maximum Gasteiger partial charge on any atom is 0.246 e. The number of aryl methyl sites for hydroxylation is 1. The lowest BCUT2D eigenvalue weighted by molar-refractivity contribution is -0.117. The largest absolute Gasteiger partial charge is 0.356 e. The van der Waals surface area contributed by atoms with Crippen LogP contribution in [0.3, 0.4) is 0 Å². The van der Waals surface area contributed by atoms with E-state index in [1.807, 2.05) is 0 Å². The second kappa shape index (κ2) is 5.68. The summed E-state index contributed by atoms with van der Waals surface area (Å²) in [6, 6.07) is 3.63. The number of amides is 1. The van der Waals surface area contributed by atoms with Gasteiger partial charge in [-0.1, -0.05) is 0 Å². The molecule has 1 aliphatic heterocycles. The molecule has 0 atom stereocenters. The second-order valence-electron chi connectivity index (χ2n) is 5.24. The van der Waals surface area contributed by atoms with Crippen LogP contribution < -0.4 is 9.80 Å². The predicted octanol–water partition coefficient (Wildman–Crippen LogP) is 1.42. The lowest BCUT2D eigenvalue weighted by atomic mass is 10.1. The van der Waals surface area contributed by atoms with Crippen molar-refractivity contribution in [3.8, 4) is 6.07 Å². The maximum atomic E-state index is 14.1. The van der Waals surface area contributed by atoms with Crippen molar-refractivity contribution < 1.29 is 13.6 Å². The predicted molar refractivity (Wildman–Crippen MR) is 78.8 cm³/mol. The molecule has 1 aromatic carbocycles. The van der Waals surface area contributed by atoms with Gasteiger partial charge in [0.05, 0.1) is 30.1 Å². The van der Waals surface area contributed by atoms with Gasteiger partial charge in [0.25, 0.3) is 0 Å². The van der Waals surface area contributed by atoms with Gasteiger partial charge in [0.1, 0.15) is 5.69 Å². The highest BCUT2D eigenvalue weighted by Crippen LogP contribution is 2.27. The van der Waals surface area contributed by atoms with E-state index in [0.29, 0.717) is 12.2 Å². The molecule has 0 saturated carbocycles. The quantitative estimate of drug-likeness (QED) is 0.840. The van der Waals surface area contributed by atoms with E-state index in [1.54, 1.807) is 30.2 Å². The van der Waals surface area contributed by atoms with Crippen LogP contribution in [-0.2, 0) is 11.8 Å². The van der Waals surface area contributed by atoms with Crippen LogP contribution in [-0.4, -0.2) is 35.3 Å². The van der Waals surface area contributed by atoms with Gasteiger partial charge in [0.15, 0.2) is 11.6 Å². The lowest BCUT2D eigenvalue weighted by Crippen LogP contribution is -2.51. The summed E-state index contributed by atoms with van der Waals surface area (Å²) in [7, 11) is 1.74. The highest BCUT2D eigenvalue weighted by molar-refractivity contribution is 5.97. The van der Waals surface area contributed by atoms with Gasteiger partial charge in [-0.25, -0.2) is 8.78 Å². The number of hydrogen-bond acceptors (Lipinski definition) is 4. The molecule has 2 aromatic rings. The zero-order chi connectivity index (χ0) is 16.6. The number of nitriles is 1. The van der Waals surface area contributed by atoms with E-state index in [0.717, 1.165) is 12.1 Å². The number of aromatic nitrogens is 2. The molecule has 1 aliphatic rings. The van der Waals surface area contributed by atoms with Crippen LogP contribution >= 0.6 is 0 Å². The number of carbonyl (C=O) groups is 1. The summed E-state index contributed by atoms with van der Waals surface area (Å²) < 4.78 is 29.7. The van der Waals surface area contributed by atoms with Crippen molar-refractivity contribution in [1.82, 2.24) is 9.78 Å². The molecule has 1 aromatic heterocycles. The molecule has 1 fully saturated rings. The highest BCUT2D eigenvalue weighted by atomic mass is 19.1.